The number of ether oxygens (including phenoxy) is 2. The van der Waals surface area contributed by atoms with Crippen LogP contribution >= 0.6 is 0 Å². The van der Waals surface area contributed by atoms with Crippen LogP contribution in [0.2, 0.25) is 0 Å². The first kappa shape index (κ1) is 29.6. The van der Waals surface area contributed by atoms with Crippen LogP contribution in [0.3, 0.4) is 0 Å². The van der Waals surface area contributed by atoms with Gasteiger partial charge < -0.3 is 14.8 Å². The van der Waals surface area contributed by atoms with Gasteiger partial charge in [0.1, 0.15) is 17.7 Å². The molecule has 0 aromatic heterocycles. The van der Waals surface area contributed by atoms with E-state index in [1.165, 1.54) is 37.3 Å². The van der Waals surface area contributed by atoms with E-state index in [4.69, 9.17) is 9.47 Å². The molecule has 41 heavy (non-hydrogen) atoms. The van der Waals surface area contributed by atoms with Gasteiger partial charge in [-0.15, -0.1) is 0 Å². The molecule has 3 aromatic carbocycles. The van der Waals surface area contributed by atoms with Gasteiger partial charge in [0.2, 0.25) is 12.0 Å². The van der Waals surface area contributed by atoms with E-state index in [9.17, 15) is 35.6 Å². The van der Waals surface area contributed by atoms with Crippen LogP contribution in [0, 0.1) is 5.82 Å². The summed E-state index contributed by atoms with van der Waals surface area (Å²) in [5.41, 5.74) is 0.199. The van der Waals surface area contributed by atoms with Crippen LogP contribution in [-0.4, -0.2) is 51.9 Å². The van der Waals surface area contributed by atoms with E-state index in [0.29, 0.717) is 5.56 Å². The number of halogens is 4. The molecule has 0 aliphatic carbocycles. The lowest BCUT2D eigenvalue weighted by Crippen LogP contribution is -2.48. The van der Waals surface area contributed by atoms with E-state index in [1.54, 1.807) is 18.2 Å². The molecule has 1 aliphatic heterocycles. The Labute approximate surface area is 233 Å². The molecule has 3 aromatic rings. The molecule has 1 heterocycles. The highest BCUT2D eigenvalue weighted by molar-refractivity contribution is 7.92. The van der Waals surface area contributed by atoms with E-state index in [0.717, 1.165) is 28.6 Å². The quantitative estimate of drug-likeness (QED) is 0.367. The number of rotatable bonds is 8. The highest BCUT2D eigenvalue weighted by atomic mass is 32.2. The fraction of sp³-hybridized carbons (Fsp3) is 0.259. The highest BCUT2D eigenvalue weighted by Gasteiger charge is 2.43. The van der Waals surface area contributed by atoms with Crippen LogP contribution < -0.4 is 19.7 Å². The molecule has 2 unspecified atom stereocenters. The number of benzene rings is 3. The number of carbonyl (C=O) groups is 2. The molecule has 0 spiro atoms. The minimum Gasteiger partial charge on any atom is -0.484 e. The second kappa shape index (κ2) is 12.0. The molecule has 0 fully saturated rings. The van der Waals surface area contributed by atoms with E-state index < -0.39 is 46.7 Å². The van der Waals surface area contributed by atoms with Crippen molar-refractivity contribution in [3.8, 4) is 5.75 Å². The third-order valence-electron chi connectivity index (χ3n) is 6.00. The SMILES string of the molecule is CC(=O)NCC1CN(S(=O)(=O)c2ccc(F)cc2)c2cc(NC(=O)OC(Cc3ccccc3)C(F)(F)F)ccc2O1. The predicted molar refractivity (Wildman–Crippen MR) is 141 cm³/mol. The molecule has 0 saturated heterocycles. The zero-order valence-electron chi connectivity index (χ0n) is 21.5. The van der Waals surface area contributed by atoms with Gasteiger partial charge in [-0.25, -0.2) is 17.6 Å². The van der Waals surface area contributed by atoms with Gasteiger partial charge in [-0.1, -0.05) is 30.3 Å². The molecular weight excluding hydrogens is 570 g/mol. The van der Waals surface area contributed by atoms with Crippen molar-refractivity contribution in [3.05, 3.63) is 84.2 Å². The summed E-state index contributed by atoms with van der Waals surface area (Å²) in [6, 6.07) is 15.6. The van der Waals surface area contributed by atoms with Crippen molar-refractivity contribution in [2.75, 3.05) is 22.7 Å². The van der Waals surface area contributed by atoms with Crippen molar-refractivity contribution in [1.82, 2.24) is 5.32 Å². The van der Waals surface area contributed by atoms with Gasteiger partial charge in [0, 0.05) is 19.0 Å². The topological polar surface area (TPSA) is 114 Å². The summed E-state index contributed by atoms with van der Waals surface area (Å²) >= 11 is 0. The number of nitrogens with one attached hydrogen (secondary N) is 2. The zero-order chi connectivity index (χ0) is 29.8. The van der Waals surface area contributed by atoms with Crippen LogP contribution in [0.15, 0.2) is 77.7 Å². The maximum atomic E-state index is 13.6. The lowest BCUT2D eigenvalue weighted by molar-refractivity contribution is -0.201. The summed E-state index contributed by atoms with van der Waals surface area (Å²) in [4.78, 5) is 23.6. The molecule has 2 amide bonds. The summed E-state index contributed by atoms with van der Waals surface area (Å²) in [6.45, 7) is 0.981. The first-order chi connectivity index (χ1) is 19.3. The summed E-state index contributed by atoms with van der Waals surface area (Å²) in [5, 5.41) is 4.76. The molecule has 218 valence electrons. The van der Waals surface area contributed by atoms with Crippen molar-refractivity contribution in [2.24, 2.45) is 0 Å². The number of amides is 2. The number of sulfonamides is 1. The van der Waals surface area contributed by atoms with Crippen molar-refractivity contribution >= 4 is 33.4 Å². The number of fused-ring (bicyclic) bond motifs is 1. The summed E-state index contributed by atoms with van der Waals surface area (Å²) in [6.07, 6.45) is -10.1. The van der Waals surface area contributed by atoms with Gasteiger partial charge in [-0.05, 0) is 48.0 Å². The Morgan fingerprint density at radius 1 is 1.07 bits per heavy atom. The van der Waals surface area contributed by atoms with Gasteiger partial charge in [-0.2, -0.15) is 13.2 Å². The number of hydrogen-bond donors (Lipinski definition) is 2. The third kappa shape index (κ3) is 7.45. The van der Waals surface area contributed by atoms with Gasteiger partial charge in [0.25, 0.3) is 10.0 Å². The average molecular weight is 596 g/mol. The van der Waals surface area contributed by atoms with Gasteiger partial charge in [0.05, 0.1) is 23.7 Å². The van der Waals surface area contributed by atoms with Gasteiger partial charge in [-0.3, -0.25) is 14.4 Å². The largest absolute Gasteiger partial charge is 0.484 e. The fourth-order valence-corrected chi connectivity index (χ4v) is 5.54. The molecule has 0 bridgehead atoms. The van der Waals surface area contributed by atoms with Crippen molar-refractivity contribution in [2.45, 2.75) is 36.6 Å². The second-order valence-electron chi connectivity index (χ2n) is 9.10. The monoisotopic (exact) mass is 595 g/mol. The molecule has 9 nitrogen and oxygen atoms in total. The van der Waals surface area contributed by atoms with Gasteiger partial charge >= 0.3 is 12.3 Å². The van der Waals surface area contributed by atoms with Crippen LogP contribution in [0.5, 0.6) is 5.75 Å². The molecule has 2 N–H and O–H groups in total. The van der Waals surface area contributed by atoms with E-state index in [1.807, 2.05) is 0 Å². The number of alkyl halides is 3. The smallest absolute Gasteiger partial charge is 0.425 e. The summed E-state index contributed by atoms with van der Waals surface area (Å²) < 4.78 is 92.8. The Kier molecular flexibility index (Phi) is 8.71. The van der Waals surface area contributed by atoms with Crippen LogP contribution in [0.25, 0.3) is 0 Å². The number of hydrogen-bond acceptors (Lipinski definition) is 6. The Morgan fingerprint density at radius 3 is 2.39 bits per heavy atom. The van der Waals surface area contributed by atoms with Gasteiger partial charge in [0.15, 0.2) is 0 Å². The van der Waals surface area contributed by atoms with Crippen LogP contribution in [0.4, 0.5) is 33.7 Å². The molecule has 0 saturated carbocycles. The van der Waals surface area contributed by atoms with Crippen molar-refractivity contribution in [3.63, 3.8) is 0 Å². The normalized spacial score (nSPS) is 15.7. The molecule has 2 atom stereocenters. The number of nitrogens with zero attached hydrogens (tertiary/aromatic N) is 1. The highest BCUT2D eigenvalue weighted by Crippen LogP contribution is 2.39. The molecule has 0 radical (unpaired) electrons. The Hall–Kier alpha value is -4.33. The Balaban J connectivity index is 1.59. The second-order valence-corrected chi connectivity index (χ2v) is 11.0. The first-order valence-corrected chi connectivity index (χ1v) is 13.7. The van der Waals surface area contributed by atoms with E-state index in [2.05, 4.69) is 10.6 Å². The number of anilines is 2. The Bertz CT molecular complexity index is 1500. The lowest BCUT2D eigenvalue weighted by Gasteiger charge is -2.35. The maximum Gasteiger partial charge on any atom is 0.425 e. The van der Waals surface area contributed by atoms with Crippen molar-refractivity contribution < 1.29 is 45.0 Å². The van der Waals surface area contributed by atoms with Crippen molar-refractivity contribution in [1.29, 1.82) is 0 Å². The minimum atomic E-state index is -4.85. The zero-order valence-corrected chi connectivity index (χ0v) is 22.3. The molecule has 1 aliphatic rings. The molecule has 14 heteroatoms. The average Bonchev–Trinajstić information content (AvgIpc) is 2.91. The fourth-order valence-electron chi connectivity index (χ4n) is 4.04. The minimum absolute atomic E-state index is 0.0310. The summed E-state index contributed by atoms with van der Waals surface area (Å²) in [5.74, 6) is -0.951. The third-order valence-corrected chi connectivity index (χ3v) is 7.79. The van der Waals surface area contributed by atoms with Crippen LogP contribution in [0.1, 0.15) is 12.5 Å². The standard InChI is InChI=1S/C27H25F4N3O6S/c1-17(35)32-15-21-16-34(41(37,38)22-10-7-19(28)8-11-22)23-14-20(9-12-24(23)39-21)33-26(36)40-25(27(29,30)31)13-18-5-3-2-4-6-18/h2-12,14,21,25H,13,15-16H2,1H3,(H,32,35)(H,33,36). The maximum absolute atomic E-state index is 13.6. The van der Waals surface area contributed by atoms with E-state index in [-0.39, 0.29) is 41.0 Å². The molecular formula is C27H25F4N3O6S. The summed E-state index contributed by atoms with van der Waals surface area (Å²) in [7, 11) is -4.30. The van der Waals surface area contributed by atoms with E-state index >= 15 is 0 Å². The number of carbonyl (C=O) groups excluding carboxylic acids is 2. The lowest BCUT2D eigenvalue weighted by atomic mass is 10.1. The molecule has 4 rings (SSSR count). The van der Waals surface area contributed by atoms with Crippen LogP contribution in [-0.2, 0) is 26.0 Å². The Morgan fingerprint density at radius 2 is 1.76 bits per heavy atom. The predicted octanol–water partition coefficient (Wildman–Crippen LogP) is 4.64. The first-order valence-electron chi connectivity index (χ1n) is 12.2.